The molecule has 0 aliphatic carbocycles. The van der Waals surface area contributed by atoms with Gasteiger partial charge in [0.25, 0.3) is 0 Å². The molecule has 0 aromatic heterocycles. The number of hydrazone groups is 1. The topological polar surface area (TPSA) is 27.6 Å². The van der Waals surface area contributed by atoms with Crippen molar-refractivity contribution < 1.29 is 4.39 Å². The average Bonchev–Trinajstić information content (AvgIpc) is 2.81. The van der Waals surface area contributed by atoms with E-state index in [-0.39, 0.29) is 17.8 Å². The van der Waals surface area contributed by atoms with Gasteiger partial charge in [0.05, 0.1) is 6.04 Å². The second kappa shape index (κ2) is 5.10. The Bertz CT molecular complexity index is 497. The van der Waals surface area contributed by atoms with Gasteiger partial charge in [0.1, 0.15) is 5.82 Å². The van der Waals surface area contributed by atoms with Crippen molar-refractivity contribution >= 4 is 17.3 Å². The molecule has 2 heterocycles. The van der Waals surface area contributed by atoms with Gasteiger partial charge >= 0.3 is 0 Å². The summed E-state index contributed by atoms with van der Waals surface area (Å²) in [5.74, 6) is -0.0295. The van der Waals surface area contributed by atoms with Crippen molar-refractivity contribution in [2.24, 2.45) is 11.0 Å². The van der Waals surface area contributed by atoms with Crippen molar-refractivity contribution in [3.63, 3.8) is 0 Å². The number of hydrogen-bond acceptors (Lipinski definition) is 3. The molecular formula is C14H17ClFN3. The first-order chi connectivity index (χ1) is 9.20. The molecule has 1 N–H and O–H groups in total. The number of hydrogen-bond donors (Lipinski definition) is 1. The van der Waals surface area contributed by atoms with E-state index in [1.165, 1.54) is 6.07 Å². The van der Waals surface area contributed by atoms with E-state index in [0.29, 0.717) is 10.6 Å². The number of nitrogens with zero attached hydrogens (tertiary/aromatic N) is 2. The number of likely N-dealkylation sites (tertiary alicyclic amines) is 1. The summed E-state index contributed by atoms with van der Waals surface area (Å²) in [6.45, 7) is 5.11. The van der Waals surface area contributed by atoms with Crippen molar-refractivity contribution in [3.8, 4) is 0 Å². The SMILES string of the molecule is CCN1CCC2=NNC(c3c(F)cccc3Cl)C2C1. The number of fused-ring (bicyclic) bond motifs is 1. The standard InChI is InChI=1S/C14H17ClFN3/c1-2-19-7-6-12-9(8-19)14(18-17-12)13-10(15)4-3-5-11(13)16/h3-5,9,14,18H,2,6-8H2,1H3. The molecule has 1 fully saturated rings. The molecule has 5 heteroatoms. The quantitative estimate of drug-likeness (QED) is 0.903. The fraction of sp³-hybridized carbons (Fsp3) is 0.500. The van der Waals surface area contributed by atoms with E-state index in [4.69, 9.17) is 11.6 Å². The number of piperidine rings is 1. The molecule has 1 aromatic carbocycles. The van der Waals surface area contributed by atoms with Gasteiger partial charge in [-0.1, -0.05) is 24.6 Å². The smallest absolute Gasteiger partial charge is 0.130 e. The molecule has 3 nitrogen and oxygen atoms in total. The van der Waals surface area contributed by atoms with Gasteiger partial charge in [-0.05, 0) is 18.7 Å². The summed E-state index contributed by atoms with van der Waals surface area (Å²) in [5.41, 5.74) is 4.77. The van der Waals surface area contributed by atoms with E-state index in [9.17, 15) is 4.39 Å². The van der Waals surface area contributed by atoms with Crippen LogP contribution in [-0.4, -0.2) is 30.2 Å². The van der Waals surface area contributed by atoms with Gasteiger partial charge < -0.3 is 10.3 Å². The first-order valence-electron chi connectivity index (χ1n) is 6.69. The van der Waals surface area contributed by atoms with Crippen LogP contribution in [0.25, 0.3) is 0 Å². The maximum absolute atomic E-state index is 14.1. The van der Waals surface area contributed by atoms with Crippen molar-refractivity contribution in [1.82, 2.24) is 10.3 Å². The molecule has 19 heavy (non-hydrogen) atoms. The highest BCUT2D eigenvalue weighted by Crippen LogP contribution is 2.36. The summed E-state index contributed by atoms with van der Waals surface area (Å²) in [5, 5.41) is 4.86. The molecule has 102 valence electrons. The Morgan fingerprint density at radius 3 is 3.11 bits per heavy atom. The van der Waals surface area contributed by atoms with Crippen LogP contribution in [0.1, 0.15) is 24.9 Å². The van der Waals surface area contributed by atoms with Gasteiger partial charge in [0, 0.05) is 41.7 Å². The van der Waals surface area contributed by atoms with Crippen molar-refractivity contribution in [2.45, 2.75) is 19.4 Å². The minimum atomic E-state index is -0.255. The average molecular weight is 282 g/mol. The van der Waals surface area contributed by atoms with Gasteiger partial charge in [-0.3, -0.25) is 0 Å². The number of benzene rings is 1. The third-order valence-corrected chi connectivity index (χ3v) is 4.40. The Hall–Kier alpha value is -1.13. The third-order valence-electron chi connectivity index (χ3n) is 4.07. The summed E-state index contributed by atoms with van der Waals surface area (Å²) >= 11 is 6.17. The molecule has 0 bridgehead atoms. The van der Waals surface area contributed by atoms with Gasteiger partial charge in [-0.15, -0.1) is 0 Å². The predicted octanol–water partition coefficient (Wildman–Crippen LogP) is 2.82. The van der Waals surface area contributed by atoms with Gasteiger partial charge in [-0.2, -0.15) is 5.10 Å². The fourth-order valence-electron chi connectivity index (χ4n) is 2.97. The van der Waals surface area contributed by atoms with E-state index >= 15 is 0 Å². The lowest BCUT2D eigenvalue weighted by Gasteiger charge is -2.33. The van der Waals surface area contributed by atoms with Crippen LogP contribution >= 0.6 is 11.6 Å². The lowest BCUT2D eigenvalue weighted by Crippen LogP contribution is -2.42. The Morgan fingerprint density at radius 2 is 2.37 bits per heavy atom. The number of halogens is 2. The van der Waals surface area contributed by atoms with Crippen LogP contribution in [0.3, 0.4) is 0 Å². The largest absolute Gasteiger partial charge is 0.302 e. The van der Waals surface area contributed by atoms with E-state index < -0.39 is 0 Å². The molecule has 0 radical (unpaired) electrons. The molecule has 0 spiro atoms. The first-order valence-corrected chi connectivity index (χ1v) is 7.06. The zero-order chi connectivity index (χ0) is 13.4. The maximum atomic E-state index is 14.1. The first kappa shape index (κ1) is 12.9. The minimum absolute atomic E-state index is 0.141. The van der Waals surface area contributed by atoms with Crippen LogP contribution in [0.15, 0.2) is 23.3 Å². The van der Waals surface area contributed by atoms with E-state index in [1.54, 1.807) is 12.1 Å². The summed E-state index contributed by atoms with van der Waals surface area (Å²) in [6.07, 6.45) is 0.952. The second-order valence-corrected chi connectivity index (χ2v) is 5.50. The maximum Gasteiger partial charge on any atom is 0.130 e. The van der Waals surface area contributed by atoms with Crippen LogP contribution in [0.2, 0.25) is 5.02 Å². The highest BCUT2D eigenvalue weighted by atomic mass is 35.5. The third kappa shape index (κ3) is 2.23. The van der Waals surface area contributed by atoms with Crippen molar-refractivity contribution in [1.29, 1.82) is 0 Å². The molecule has 2 aliphatic heterocycles. The zero-order valence-electron chi connectivity index (χ0n) is 10.9. The van der Waals surface area contributed by atoms with Gasteiger partial charge in [0.2, 0.25) is 0 Å². The molecule has 0 saturated carbocycles. The van der Waals surface area contributed by atoms with Crippen LogP contribution in [0.5, 0.6) is 0 Å². The van der Waals surface area contributed by atoms with Crippen LogP contribution in [0, 0.1) is 11.7 Å². The van der Waals surface area contributed by atoms with Crippen LogP contribution in [-0.2, 0) is 0 Å². The molecule has 3 rings (SSSR count). The molecule has 2 unspecified atom stereocenters. The zero-order valence-corrected chi connectivity index (χ0v) is 11.6. The van der Waals surface area contributed by atoms with Crippen molar-refractivity contribution in [2.75, 3.05) is 19.6 Å². The van der Waals surface area contributed by atoms with E-state index in [1.807, 2.05) is 0 Å². The minimum Gasteiger partial charge on any atom is -0.302 e. The van der Waals surface area contributed by atoms with E-state index in [0.717, 1.165) is 31.8 Å². The Kier molecular flexibility index (Phi) is 3.46. The fourth-order valence-corrected chi connectivity index (χ4v) is 3.25. The normalized spacial score (nSPS) is 26.8. The van der Waals surface area contributed by atoms with Gasteiger partial charge in [0.15, 0.2) is 0 Å². The molecule has 1 saturated heterocycles. The Morgan fingerprint density at radius 1 is 1.53 bits per heavy atom. The monoisotopic (exact) mass is 281 g/mol. The molecule has 2 aliphatic rings. The summed E-state index contributed by atoms with van der Waals surface area (Å²) < 4.78 is 14.1. The summed E-state index contributed by atoms with van der Waals surface area (Å²) in [7, 11) is 0. The predicted molar refractivity (Wildman–Crippen MR) is 74.9 cm³/mol. The highest BCUT2D eigenvalue weighted by Gasteiger charge is 2.38. The Balaban J connectivity index is 1.91. The molecular weight excluding hydrogens is 265 g/mol. The second-order valence-electron chi connectivity index (χ2n) is 5.09. The van der Waals surface area contributed by atoms with E-state index in [2.05, 4.69) is 22.4 Å². The lowest BCUT2D eigenvalue weighted by atomic mass is 9.86. The molecule has 2 atom stereocenters. The highest BCUT2D eigenvalue weighted by molar-refractivity contribution is 6.31. The molecule has 0 amide bonds. The lowest BCUT2D eigenvalue weighted by molar-refractivity contribution is 0.237. The number of nitrogens with one attached hydrogen (secondary N) is 1. The van der Waals surface area contributed by atoms with Crippen LogP contribution < -0.4 is 5.43 Å². The molecule has 1 aromatic rings. The summed E-state index contributed by atoms with van der Waals surface area (Å²) in [4.78, 5) is 2.37. The van der Waals surface area contributed by atoms with Gasteiger partial charge in [-0.25, -0.2) is 4.39 Å². The Labute approximate surface area is 117 Å². The number of rotatable bonds is 2. The summed E-state index contributed by atoms with van der Waals surface area (Å²) in [6, 6.07) is 4.69. The van der Waals surface area contributed by atoms with Crippen molar-refractivity contribution in [3.05, 3.63) is 34.6 Å². The van der Waals surface area contributed by atoms with Crippen LogP contribution in [0.4, 0.5) is 4.39 Å².